The van der Waals surface area contributed by atoms with Crippen molar-refractivity contribution < 1.29 is 4.42 Å². The van der Waals surface area contributed by atoms with Crippen molar-refractivity contribution in [3.05, 3.63) is 42.6 Å². The van der Waals surface area contributed by atoms with Gasteiger partial charge in [0, 0.05) is 22.4 Å². The average molecular weight is 206 g/mol. The lowest BCUT2D eigenvalue weighted by Crippen LogP contribution is -1.89. The van der Waals surface area contributed by atoms with Gasteiger partial charge in [-0.2, -0.15) is 0 Å². The lowest BCUT2D eigenvalue weighted by Gasteiger charge is -2.02. The maximum atomic E-state index is 5.75. The van der Waals surface area contributed by atoms with E-state index >= 15 is 0 Å². The summed E-state index contributed by atoms with van der Waals surface area (Å²) in [4.78, 5) is 4.99. The fraction of sp³-hybridized carbons (Fsp3) is 0.100. The van der Waals surface area contributed by atoms with Gasteiger partial charge in [-0.25, -0.2) is 0 Å². The van der Waals surface area contributed by atoms with Crippen LogP contribution in [0, 0.1) is 0 Å². The Kier molecular flexibility index (Phi) is 2.74. The van der Waals surface area contributed by atoms with Gasteiger partial charge >= 0.3 is 0 Å². The third-order valence-electron chi connectivity index (χ3n) is 1.78. The van der Waals surface area contributed by atoms with Gasteiger partial charge in [-0.05, 0) is 12.1 Å². The summed E-state index contributed by atoms with van der Waals surface area (Å²) in [6.45, 7) is 0. The number of nitrogens with two attached hydrogens (primary N) is 1. The number of anilines is 1. The molecule has 2 aromatic heterocycles. The van der Waals surface area contributed by atoms with Gasteiger partial charge in [0.1, 0.15) is 0 Å². The van der Waals surface area contributed by atoms with E-state index in [1.54, 1.807) is 36.7 Å². The van der Waals surface area contributed by atoms with Crippen LogP contribution in [0.1, 0.15) is 5.56 Å². The largest absolute Gasteiger partial charge is 0.472 e. The van der Waals surface area contributed by atoms with E-state index in [1.807, 2.05) is 12.1 Å². The summed E-state index contributed by atoms with van der Waals surface area (Å²) < 4.78 is 4.98. The highest BCUT2D eigenvalue weighted by Gasteiger charge is 2.00. The Morgan fingerprint density at radius 2 is 2.36 bits per heavy atom. The van der Waals surface area contributed by atoms with Gasteiger partial charge in [-0.15, -0.1) is 11.8 Å². The second kappa shape index (κ2) is 4.19. The van der Waals surface area contributed by atoms with Gasteiger partial charge in [0.2, 0.25) is 0 Å². The van der Waals surface area contributed by atoms with Crippen LogP contribution < -0.4 is 5.73 Å². The van der Waals surface area contributed by atoms with Crippen LogP contribution in [-0.4, -0.2) is 4.98 Å². The summed E-state index contributed by atoms with van der Waals surface area (Å²) >= 11 is 1.68. The third-order valence-corrected chi connectivity index (χ3v) is 2.95. The fourth-order valence-corrected chi connectivity index (χ4v) is 1.92. The zero-order valence-corrected chi connectivity index (χ0v) is 8.33. The minimum atomic E-state index is 0.723. The molecule has 0 amide bonds. The highest BCUT2D eigenvalue weighted by atomic mass is 32.2. The molecule has 3 nitrogen and oxygen atoms in total. The lowest BCUT2D eigenvalue weighted by atomic mass is 10.4. The van der Waals surface area contributed by atoms with E-state index < -0.39 is 0 Å². The Balaban J connectivity index is 2.02. The van der Waals surface area contributed by atoms with Gasteiger partial charge in [-0.3, -0.25) is 4.98 Å². The summed E-state index contributed by atoms with van der Waals surface area (Å²) in [6, 6.07) is 3.87. The average Bonchev–Trinajstić information content (AvgIpc) is 2.69. The number of aromatic nitrogens is 1. The molecule has 0 fully saturated rings. The van der Waals surface area contributed by atoms with Crippen molar-refractivity contribution in [1.29, 1.82) is 0 Å². The summed E-state index contributed by atoms with van der Waals surface area (Å²) in [5, 5.41) is 0. The Labute approximate surface area is 86.3 Å². The predicted octanol–water partition coefficient (Wildman–Crippen LogP) is 2.55. The van der Waals surface area contributed by atoms with E-state index in [4.69, 9.17) is 10.2 Å². The first kappa shape index (κ1) is 9.15. The normalized spacial score (nSPS) is 10.3. The zero-order valence-electron chi connectivity index (χ0n) is 7.51. The van der Waals surface area contributed by atoms with Gasteiger partial charge in [0.25, 0.3) is 0 Å². The van der Waals surface area contributed by atoms with Crippen LogP contribution in [-0.2, 0) is 5.75 Å². The van der Waals surface area contributed by atoms with E-state index in [-0.39, 0.29) is 0 Å². The molecule has 0 spiro atoms. The van der Waals surface area contributed by atoms with Crippen molar-refractivity contribution >= 4 is 17.4 Å². The first-order chi connectivity index (χ1) is 6.86. The number of nitrogen functional groups attached to an aromatic ring is 1. The number of nitrogens with zero attached hydrogens (tertiary/aromatic N) is 1. The van der Waals surface area contributed by atoms with Crippen molar-refractivity contribution in [2.75, 3.05) is 5.73 Å². The topological polar surface area (TPSA) is 52.0 Å². The highest BCUT2D eigenvalue weighted by Crippen LogP contribution is 2.26. The third kappa shape index (κ3) is 2.09. The van der Waals surface area contributed by atoms with E-state index in [0.29, 0.717) is 0 Å². The SMILES string of the molecule is Nc1cnccc1SCc1ccoc1. The van der Waals surface area contributed by atoms with E-state index in [2.05, 4.69) is 4.98 Å². The van der Waals surface area contributed by atoms with Crippen LogP contribution in [0.25, 0.3) is 0 Å². The van der Waals surface area contributed by atoms with E-state index in [0.717, 1.165) is 21.9 Å². The van der Waals surface area contributed by atoms with Crippen LogP contribution in [0.4, 0.5) is 5.69 Å². The van der Waals surface area contributed by atoms with Crippen molar-refractivity contribution in [3.63, 3.8) is 0 Å². The van der Waals surface area contributed by atoms with Crippen LogP contribution in [0.3, 0.4) is 0 Å². The minimum absolute atomic E-state index is 0.723. The molecule has 2 heterocycles. The molecule has 0 aliphatic carbocycles. The second-order valence-electron chi connectivity index (χ2n) is 2.83. The molecular weight excluding hydrogens is 196 g/mol. The molecule has 2 N–H and O–H groups in total. The zero-order chi connectivity index (χ0) is 9.80. The van der Waals surface area contributed by atoms with Crippen LogP contribution in [0.2, 0.25) is 0 Å². The summed E-state index contributed by atoms with van der Waals surface area (Å²) in [7, 11) is 0. The highest BCUT2D eigenvalue weighted by molar-refractivity contribution is 7.98. The molecule has 0 bridgehead atoms. The number of pyridine rings is 1. The molecule has 0 unspecified atom stereocenters. The van der Waals surface area contributed by atoms with Crippen molar-refractivity contribution in [2.24, 2.45) is 0 Å². The first-order valence-electron chi connectivity index (χ1n) is 4.19. The smallest absolute Gasteiger partial charge is 0.0943 e. The molecular formula is C10H10N2OS. The fourth-order valence-electron chi connectivity index (χ4n) is 1.06. The minimum Gasteiger partial charge on any atom is -0.472 e. The standard InChI is InChI=1S/C10H10N2OS/c11-9-5-12-3-1-10(9)14-7-8-2-4-13-6-8/h1-6H,7,11H2. The Bertz CT molecular complexity index is 400. The molecule has 2 aromatic rings. The Hall–Kier alpha value is -1.42. The van der Waals surface area contributed by atoms with Crippen molar-refractivity contribution in [1.82, 2.24) is 4.98 Å². The van der Waals surface area contributed by atoms with Crippen LogP contribution in [0.5, 0.6) is 0 Å². The van der Waals surface area contributed by atoms with Gasteiger partial charge in [0.15, 0.2) is 0 Å². The summed E-state index contributed by atoms with van der Waals surface area (Å²) in [6.07, 6.45) is 6.82. The summed E-state index contributed by atoms with van der Waals surface area (Å²) in [5.41, 5.74) is 7.63. The van der Waals surface area contributed by atoms with Gasteiger partial charge in [-0.1, -0.05) is 0 Å². The number of rotatable bonds is 3. The molecule has 14 heavy (non-hydrogen) atoms. The molecule has 0 saturated carbocycles. The number of furan rings is 1. The second-order valence-corrected chi connectivity index (χ2v) is 3.85. The maximum absolute atomic E-state index is 5.75. The molecule has 0 aliphatic rings. The quantitative estimate of drug-likeness (QED) is 0.784. The predicted molar refractivity (Wildman–Crippen MR) is 56.9 cm³/mol. The monoisotopic (exact) mass is 206 g/mol. The van der Waals surface area contributed by atoms with Crippen LogP contribution >= 0.6 is 11.8 Å². The first-order valence-corrected chi connectivity index (χ1v) is 5.18. The molecule has 4 heteroatoms. The molecule has 0 aromatic carbocycles. The lowest BCUT2D eigenvalue weighted by molar-refractivity contribution is 0.565. The van der Waals surface area contributed by atoms with Gasteiger partial charge in [0.05, 0.1) is 24.4 Å². The Morgan fingerprint density at radius 3 is 3.07 bits per heavy atom. The molecule has 72 valence electrons. The molecule has 0 saturated heterocycles. The molecule has 0 atom stereocenters. The maximum Gasteiger partial charge on any atom is 0.0943 e. The number of thioether (sulfide) groups is 1. The van der Waals surface area contributed by atoms with Crippen molar-refractivity contribution in [2.45, 2.75) is 10.6 Å². The number of hydrogen-bond donors (Lipinski definition) is 1. The van der Waals surface area contributed by atoms with E-state index in [1.165, 1.54) is 0 Å². The molecule has 0 radical (unpaired) electrons. The number of hydrogen-bond acceptors (Lipinski definition) is 4. The van der Waals surface area contributed by atoms with Gasteiger partial charge < -0.3 is 10.2 Å². The molecule has 2 rings (SSSR count). The Morgan fingerprint density at radius 1 is 1.43 bits per heavy atom. The summed E-state index contributed by atoms with van der Waals surface area (Å²) in [5.74, 6) is 0.866. The van der Waals surface area contributed by atoms with Crippen LogP contribution in [0.15, 0.2) is 46.4 Å². The van der Waals surface area contributed by atoms with E-state index in [9.17, 15) is 0 Å². The molecule has 0 aliphatic heterocycles. The van der Waals surface area contributed by atoms with Crippen molar-refractivity contribution in [3.8, 4) is 0 Å².